The summed E-state index contributed by atoms with van der Waals surface area (Å²) < 4.78 is 16.4. The Labute approximate surface area is 273 Å². The number of urea groups is 1. The van der Waals surface area contributed by atoms with Crippen LogP contribution >= 0.6 is 0 Å². The van der Waals surface area contributed by atoms with Crippen molar-refractivity contribution in [1.82, 2.24) is 14.7 Å². The molecule has 0 aromatic heterocycles. The van der Waals surface area contributed by atoms with E-state index in [-0.39, 0.29) is 18.0 Å². The third-order valence-corrected chi connectivity index (χ3v) is 7.90. The molecule has 3 aromatic carbocycles. The number of ether oxygens (including phenoxy) is 3. The van der Waals surface area contributed by atoms with Gasteiger partial charge in [0.1, 0.15) is 5.60 Å². The Balaban J connectivity index is 1.46. The molecule has 46 heavy (non-hydrogen) atoms. The number of rotatable bonds is 12. The summed E-state index contributed by atoms with van der Waals surface area (Å²) in [5.74, 6) is 1.24. The van der Waals surface area contributed by atoms with Gasteiger partial charge in [-0.25, -0.2) is 9.59 Å². The molecular weight excluding hydrogens is 580 g/mol. The molecule has 1 heterocycles. The lowest BCUT2D eigenvalue weighted by Crippen LogP contribution is -2.50. The van der Waals surface area contributed by atoms with Crippen LogP contribution in [0.15, 0.2) is 91.0 Å². The van der Waals surface area contributed by atoms with Gasteiger partial charge in [-0.15, -0.1) is 0 Å². The molecule has 246 valence electrons. The average molecular weight is 629 g/mol. The third-order valence-electron chi connectivity index (χ3n) is 7.90. The Morgan fingerprint density at radius 3 is 2.00 bits per heavy atom. The number of carbonyl (C=O) groups excluding carboxylic acids is 2. The molecule has 1 fully saturated rings. The minimum absolute atomic E-state index is 0.118. The zero-order chi connectivity index (χ0) is 33.1. The van der Waals surface area contributed by atoms with E-state index in [0.29, 0.717) is 63.0 Å². The van der Waals surface area contributed by atoms with Crippen LogP contribution in [0.3, 0.4) is 0 Å². The Morgan fingerprint density at radius 2 is 1.46 bits per heavy atom. The number of methoxy groups -OCH3 is 2. The van der Waals surface area contributed by atoms with E-state index in [2.05, 4.69) is 65.3 Å². The molecule has 9 nitrogen and oxygen atoms in total. The Bertz CT molecular complexity index is 1390. The van der Waals surface area contributed by atoms with Crippen molar-refractivity contribution in [3.8, 4) is 11.5 Å². The maximum atomic E-state index is 13.8. The van der Waals surface area contributed by atoms with E-state index in [1.807, 2.05) is 37.8 Å². The van der Waals surface area contributed by atoms with Crippen molar-refractivity contribution in [2.24, 2.45) is 0 Å². The average Bonchev–Trinajstić information content (AvgIpc) is 3.04. The van der Waals surface area contributed by atoms with Crippen LogP contribution in [0.5, 0.6) is 11.5 Å². The summed E-state index contributed by atoms with van der Waals surface area (Å²) >= 11 is 0. The quantitative estimate of drug-likeness (QED) is 0.221. The summed E-state index contributed by atoms with van der Waals surface area (Å²) in [6.45, 7) is 14.1. The molecule has 0 bridgehead atoms. The number of benzene rings is 3. The highest BCUT2D eigenvalue weighted by Crippen LogP contribution is 2.31. The number of nitrogens with one attached hydrogen (secondary N) is 1. The summed E-state index contributed by atoms with van der Waals surface area (Å²) in [6.07, 6.45) is 0.449. The fourth-order valence-corrected chi connectivity index (χ4v) is 5.60. The zero-order valence-corrected chi connectivity index (χ0v) is 27.8. The Morgan fingerprint density at radius 1 is 0.870 bits per heavy atom. The van der Waals surface area contributed by atoms with Crippen molar-refractivity contribution in [3.63, 3.8) is 0 Å². The molecule has 0 aliphatic carbocycles. The van der Waals surface area contributed by atoms with E-state index < -0.39 is 5.60 Å². The molecule has 1 saturated heterocycles. The fourth-order valence-electron chi connectivity index (χ4n) is 5.60. The SMILES string of the molecule is C=C(CN1CCN(C(=O)OC(C)(C)C)CC1)CN(CCC(c1ccccc1)c1ccccc1)C(=O)Nc1ccc(OC)c(OC)c1. The number of piperazine rings is 1. The smallest absolute Gasteiger partial charge is 0.410 e. The van der Waals surface area contributed by atoms with Gasteiger partial charge in [-0.05, 0) is 56.0 Å². The predicted octanol–water partition coefficient (Wildman–Crippen LogP) is 6.87. The minimum Gasteiger partial charge on any atom is -0.493 e. The number of anilines is 1. The lowest BCUT2D eigenvalue weighted by atomic mass is 9.88. The topological polar surface area (TPSA) is 83.6 Å². The first kappa shape index (κ1) is 34.4. The summed E-state index contributed by atoms with van der Waals surface area (Å²) in [7, 11) is 3.15. The van der Waals surface area contributed by atoms with Crippen molar-refractivity contribution in [2.45, 2.75) is 38.7 Å². The van der Waals surface area contributed by atoms with Crippen LogP contribution in [0.2, 0.25) is 0 Å². The highest BCUT2D eigenvalue weighted by atomic mass is 16.6. The standard InChI is InChI=1S/C37H48N4O5/c1-28(26-39-21-23-40(24-22-39)36(43)46-37(2,3)4)27-41(35(42)38-31-17-18-33(44-5)34(25-31)45-6)20-19-32(29-13-9-7-10-14-29)30-15-11-8-12-16-30/h7-18,25,32H,1,19-24,26-27H2,2-6H3,(H,38,42). The molecule has 9 heteroatoms. The van der Waals surface area contributed by atoms with Crippen LogP contribution in [-0.2, 0) is 4.74 Å². The molecule has 0 atom stereocenters. The van der Waals surface area contributed by atoms with Crippen LogP contribution in [0.25, 0.3) is 0 Å². The summed E-state index contributed by atoms with van der Waals surface area (Å²) in [5.41, 5.74) is 3.42. The first-order chi connectivity index (χ1) is 22.1. The van der Waals surface area contributed by atoms with E-state index in [1.165, 1.54) is 11.1 Å². The molecular formula is C37H48N4O5. The number of hydrogen-bond acceptors (Lipinski definition) is 6. The van der Waals surface area contributed by atoms with Crippen molar-refractivity contribution in [1.29, 1.82) is 0 Å². The van der Waals surface area contributed by atoms with Crippen LogP contribution in [0.4, 0.5) is 15.3 Å². The second-order valence-corrected chi connectivity index (χ2v) is 12.6. The van der Waals surface area contributed by atoms with Gasteiger partial charge in [-0.3, -0.25) is 4.90 Å². The van der Waals surface area contributed by atoms with Gasteiger partial charge in [-0.1, -0.05) is 67.2 Å². The number of nitrogens with zero attached hydrogens (tertiary/aromatic N) is 3. The van der Waals surface area contributed by atoms with Crippen LogP contribution in [-0.4, -0.2) is 92.5 Å². The fraction of sp³-hybridized carbons (Fsp3) is 0.405. The molecule has 1 aliphatic heterocycles. The normalized spacial score (nSPS) is 13.7. The van der Waals surface area contributed by atoms with E-state index in [1.54, 1.807) is 37.3 Å². The molecule has 0 radical (unpaired) electrons. The molecule has 1 N–H and O–H groups in total. The molecule has 1 aliphatic rings. The maximum Gasteiger partial charge on any atom is 0.410 e. The monoisotopic (exact) mass is 628 g/mol. The van der Waals surface area contributed by atoms with Crippen LogP contribution < -0.4 is 14.8 Å². The van der Waals surface area contributed by atoms with Crippen molar-refractivity contribution >= 4 is 17.8 Å². The van der Waals surface area contributed by atoms with Gasteiger partial charge in [-0.2, -0.15) is 0 Å². The number of amides is 3. The van der Waals surface area contributed by atoms with Gasteiger partial charge >= 0.3 is 12.1 Å². The van der Waals surface area contributed by atoms with Crippen molar-refractivity contribution in [3.05, 3.63) is 102 Å². The van der Waals surface area contributed by atoms with E-state index in [0.717, 1.165) is 12.0 Å². The molecule has 3 aromatic rings. The van der Waals surface area contributed by atoms with Gasteiger partial charge in [0.25, 0.3) is 0 Å². The van der Waals surface area contributed by atoms with Gasteiger partial charge in [0, 0.05) is 63.5 Å². The Hall–Kier alpha value is -4.50. The van der Waals surface area contributed by atoms with Gasteiger partial charge in [0.15, 0.2) is 11.5 Å². The van der Waals surface area contributed by atoms with Gasteiger partial charge in [0.2, 0.25) is 0 Å². The largest absolute Gasteiger partial charge is 0.493 e. The van der Waals surface area contributed by atoms with E-state index in [4.69, 9.17) is 14.2 Å². The molecule has 4 rings (SSSR count). The van der Waals surface area contributed by atoms with Gasteiger partial charge < -0.3 is 29.3 Å². The molecule has 0 spiro atoms. The lowest BCUT2D eigenvalue weighted by molar-refractivity contribution is 0.0151. The van der Waals surface area contributed by atoms with E-state index in [9.17, 15) is 9.59 Å². The molecule has 3 amide bonds. The maximum absolute atomic E-state index is 13.8. The van der Waals surface area contributed by atoms with Crippen molar-refractivity contribution in [2.75, 3.05) is 65.3 Å². The van der Waals surface area contributed by atoms with Crippen molar-refractivity contribution < 1.29 is 23.8 Å². The number of carbonyl (C=O) groups is 2. The second-order valence-electron chi connectivity index (χ2n) is 12.6. The summed E-state index contributed by atoms with van der Waals surface area (Å²) in [5, 5.41) is 3.06. The number of hydrogen-bond donors (Lipinski definition) is 1. The second kappa shape index (κ2) is 16.2. The molecule has 0 saturated carbocycles. The summed E-state index contributed by atoms with van der Waals surface area (Å²) in [4.78, 5) is 32.2. The zero-order valence-electron chi connectivity index (χ0n) is 27.8. The van der Waals surface area contributed by atoms with Gasteiger partial charge in [0.05, 0.1) is 14.2 Å². The first-order valence-electron chi connectivity index (χ1n) is 15.8. The minimum atomic E-state index is -0.524. The first-order valence-corrected chi connectivity index (χ1v) is 15.8. The lowest BCUT2D eigenvalue weighted by Gasteiger charge is -2.36. The van der Waals surface area contributed by atoms with E-state index >= 15 is 0 Å². The highest BCUT2D eigenvalue weighted by molar-refractivity contribution is 5.90. The highest BCUT2D eigenvalue weighted by Gasteiger charge is 2.27. The van der Waals surface area contributed by atoms with Crippen LogP contribution in [0, 0.1) is 0 Å². The van der Waals surface area contributed by atoms with Crippen LogP contribution in [0.1, 0.15) is 44.2 Å². The third kappa shape index (κ3) is 10.0. The Kier molecular flexibility index (Phi) is 12.1. The summed E-state index contributed by atoms with van der Waals surface area (Å²) in [6, 6.07) is 25.9. The predicted molar refractivity (Wildman–Crippen MR) is 183 cm³/mol. The molecule has 0 unspecified atom stereocenters.